The minimum absolute atomic E-state index is 0.189. The maximum atomic E-state index is 12.1. The SMILES string of the molecule is CC(C)C(=O)[C@H]1[C@H](C=C2CCCCC2)C1(C)C. The first-order valence-electron chi connectivity index (χ1n) is 7.18. The van der Waals surface area contributed by atoms with Gasteiger partial charge in [-0.3, -0.25) is 4.79 Å². The molecule has 0 aliphatic heterocycles. The number of Topliss-reactive ketones (excluding diaryl/α,β-unsaturated/α-hetero) is 1. The van der Waals surface area contributed by atoms with E-state index < -0.39 is 0 Å². The van der Waals surface area contributed by atoms with Gasteiger partial charge in [-0.1, -0.05) is 45.8 Å². The van der Waals surface area contributed by atoms with Crippen LogP contribution >= 0.6 is 0 Å². The predicted octanol–water partition coefficient (Wildman–Crippen LogP) is 4.37. The average molecular weight is 234 g/mol. The molecule has 0 aromatic heterocycles. The molecular formula is C16H26O. The molecule has 0 amide bonds. The Balaban J connectivity index is 2.05. The molecule has 17 heavy (non-hydrogen) atoms. The van der Waals surface area contributed by atoms with Crippen LogP contribution < -0.4 is 0 Å². The molecule has 0 spiro atoms. The lowest BCUT2D eigenvalue weighted by Crippen LogP contribution is -2.12. The maximum Gasteiger partial charge on any atom is 0.139 e. The van der Waals surface area contributed by atoms with Gasteiger partial charge < -0.3 is 0 Å². The Morgan fingerprint density at radius 2 is 1.82 bits per heavy atom. The van der Waals surface area contributed by atoms with Crippen molar-refractivity contribution in [1.82, 2.24) is 0 Å². The van der Waals surface area contributed by atoms with Gasteiger partial charge in [0.05, 0.1) is 0 Å². The summed E-state index contributed by atoms with van der Waals surface area (Å²) in [5.74, 6) is 1.46. The third-order valence-electron chi connectivity index (χ3n) is 4.70. The van der Waals surface area contributed by atoms with E-state index in [0.717, 1.165) is 0 Å². The Labute approximate surface area is 106 Å². The van der Waals surface area contributed by atoms with Gasteiger partial charge in [0, 0.05) is 11.8 Å². The molecule has 0 saturated heterocycles. The molecule has 0 unspecified atom stereocenters. The van der Waals surface area contributed by atoms with Crippen molar-refractivity contribution in [2.75, 3.05) is 0 Å². The molecule has 0 aromatic carbocycles. The van der Waals surface area contributed by atoms with Crippen molar-refractivity contribution < 1.29 is 4.79 Å². The first-order chi connectivity index (χ1) is 7.94. The second kappa shape index (κ2) is 4.59. The quantitative estimate of drug-likeness (QED) is 0.662. The fourth-order valence-corrected chi connectivity index (χ4v) is 3.32. The lowest BCUT2D eigenvalue weighted by atomic mass is 9.93. The normalized spacial score (nSPS) is 31.5. The summed E-state index contributed by atoms with van der Waals surface area (Å²) >= 11 is 0. The van der Waals surface area contributed by atoms with Crippen molar-refractivity contribution in [2.45, 2.75) is 59.8 Å². The maximum absolute atomic E-state index is 12.1. The smallest absolute Gasteiger partial charge is 0.139 e. The van der Waals surface area contributed by atoms with Gasteiger partial charge in [-0.2, -0.15) is 0 Å². The summed E-state index contributed by atoms with van der Waals surface area (Å²) in [6.07, 6.45) is 9.08. The molecule has 2 aliphatic rings. The highest BCUT2D eigenvalue weighted by Crippen LogP contribution is 2.60. The van der Waals surface area contributed by atoms with Gasteiger partial charge >= 0.3 is 0 Å². The monoisotopic (exact) mass is 234 g/mol. The van der Waals surface area contributed by atoms with E-state index >= 15 is 0 Å². The number of allylic oxidation sites excluding steroid dienone is 2. The van der Waals surface area contributed by atoms with Crippen LogP contribution in [0.1, 0.15) is 59.8 Å². The highest BCUT2D eigenvalue weighted by molar-refractivity contribution is 5.87. The Morgan fingerprint density at radius 1 is 1.24 bits per heavy atom. The lowest BCUT2D eigenvalue weighted by Gasteiger charge is -2.13. The van der Waals surface area contributed by atoms with Crippen molar-refractivity contribution in [1.29, 1.82) is 0 Å². The lowest BCUT2D eigenvalue weighted by molar-refractivity contribution is -0.123. The van der Waals surface area contributed by atoms with Gasteiger partial charge in [0.2, 0.25) is 0 Å². The number of rotatable bonds is 3. The van der Waals surface area contributed by atoms with Gasteiger partial charge in [0.1, 0.15) is 5.78 Å². The minimum Gasteiger partial charge on any atom is -0.299 e. The van der Waals surface area contributed by atoms with Crippen LogP contribution in [-0.2, 0) is 4.79 Å². The van der Waals surface area contributed by atoms with Crippen LogP contribution in [0.4, 0.5) is 0 Å². The third-order valence-corrected chi connectivity index (χ3v) is 4.70. The van der Waals surface area contributed by atoms with E-state index in [2.05, 4.69) is 19.9 Å². The van der Waals surface area contributed by atoms with Crippen molar-refractivity contribution >= 4 is 5.78 Å². The molecule has 0 bridgehead atoms. The first-order valence-corrected chi connectivity index (χ1v) is 7.18. The van der Waals surface area contributed by atoms with Crippen LogP contribution in [0.3, 0.4) is 0 Å². The second-order valence-corrected chi connectivity index (χ2v) is 6.77. The molecular weight excluding hydrogens is 208 g/mol. The van der Waals surface area contributed by atoms with Crippen LogP contribution in [-0.4, -0.2) is 5.78 Å². The molecule has 96 valence electrons. The van der Waals surface area contributed by atoms with E-state index in [9.17, 15) is 4.79 Å². The molecule has 0 radical (unpaired) electrons. The van der Waals surface area contributed by atoms with Gasteiger partial charge in [-0.15, -0.1) is 0 Å². The van der Waals surface area contributed by atoms with Crippen LogP contribution in [0.5, 0.6) is 0 Å². The molecule has 0 heterocycles. The Kier molecular flexibility index (Phi) is 3.47. The summed E-state index contributed by atoms with van der Waals surface area (Å²) in [6, 6.07) is 0. The van der Waals surface area contributed by atoms with E-state index in [1.54, 1.807) is 5.57 Å². The molecule has 2 aliphatic carbocycles. The zero-order valence-electron chi connectivity index (χ0n) is 11.8. The highest BCUT2D eigenvalue weighted by Gasteiger charge is 2.60. The summed E-state index contributed by atoms with van der Waals surface area (Å²) in [4.78, 5) is 12.1. The zero-order chi connectivity index (χ0) is 12.6. The van der Waals surface area contributed by atoms with E-state index in [0.29, 0.717) is 11.7 Å². The number of carbonyl (C=O) groups is 1. The average Bonchev–Trinajstić information content (AvgIpc) is 2.80. The van der Waals surface area contributed by atoms with E-state index in [1.807, 2.05) is 13.8 Å². The standard InChI is InChI=1S/C16H26O/c1-11(2)15(17)14-13(16(14,3)4)10-12-8-6-5-7-9-12/h10-11,13-14H,5-9H2,1-4H3/t13-,14+/m0/s1. The van der Waals surface area contributed by atoms with Gasteiger partial charge in [-0.25, -0.2) is 0 Å². The van der Waals surface area contributed by atoms with Gasteiger partial charge in [-0.05, 0) is 37.0 Å². The molecule has 1 heteroatoms. The number of ketones is 1. The largest absolute Gasteiger partial charge is 0.299 e. The summed E-state index contributed by atoms with van der Waals surface area (Å²) in [7, 11) is 0. The molecule has 2 atom stereocenters. The zero-order valence-corrected chi connectivity index (χ0v) is 11.8. The van der Waals surface area contributed by atoms with Crippen molar-refractivity contribution in [2.24, 2.45) is 23.2 Å². The van der Waals surface area contributed by atoms with E-state index in [1.165, 1.54) is 32.1 Å². The molecule has 1 nitrogen and oxygen atoms in total. The number of hydrogen-bond acceptors (Lipinski definition) is 1. The topological polar surface area (TPSA) is 17.1 Å². The van der Waals surface area contributed by atoms with Gasteiger partial charge in [0.25, 0.3) is 0 Å². The predicted molar refractivity (Wildman–Crippen MR) is 71.8 cm³/mol. The van der Waals surface area contributed by atoms with Crippen molar-refractivity contribution in [3.05, 3.63) is 11.6 Å². The molecule has 0 N–H and O–H groups in total. The first kappa shape index (κ1) is 12.9. The fraction of sp³-hybridized carbons (Fsp3) is 0.812. The summed E-state index contributed by atoms with van der Waals surface area (Å²) in [6.45, 7) is 8.56. The summed E-state index contributed by atoms with van der Waals surface area (Å²) in [5.41, 5.74) is 1.83. The minimum atomic E-state index is 0.189. The molecule has 2 fully saturated rings. The third kappa shape index (κ3) is 2.48. The van der Waals surface area contributed by atoms with Crippen LogP contribution in [0.2, 0.25) is 0 Å². The Hall–Kier alpha value is -0.590. The van der Waals surface area contributed by atoms with Crippen molar-refractivity contribution in [3.8, 4) is 0 Å². The van der Waals surface area contributed by atoms with Crippen LogP contribution in [0.25, 0.3) is 0 Å². The van der Waals surface area contributed by atoms with Crippen molar-refractivity contribution in [3.63, 3.8) is 0 Å². The Bertz CT molecular complexity index is 327. The molecule has 2 saturated carbocycles. The summed E-state index contributed by atoms with van der Waals surface area (Å²) in [5, 5.41) is 0. The number of hydrogen-bond donors (Lipinski definition) is 0. The highest BCUT2D eigenvalue weighted by atomic mass is 16.1. The second-order valence-electron chi connectivity index (χ2n) is 6.77. The fourth-order valence-electron chi connectivity index (χ4n) is 3.32. The van der Waals surface area contributed by atoms with E-state index in [4.69, 9.17) is 0 Å². The van der Waals surface area contributed by atoms with Crippen LogP contribution in [0.15, 0.2) is 11.6 Å². The Morgan fingerprint density at radius 3 is 2.35 bits per heavy atom. The van der Waals surface area contributed by atoms with Crippen LogP contribution in [0, 0.1) is 23.2 Å². The van der Waals surface area contributed by atoms with E-state index in [-0.39, 0.29) is 17.3 Å². The molecule has 2 rings (SSSR count). The summed E-state index contributed by atoms with van der Waals surface area (Å²) < 4.78 is 0. The van der Waals surface area contributed by atoms with Gasteiger partial charge in [0.15, 0.2) is 0 Å². The number of carbonyl (C=O) groups excluding carboxylic acids is 1. The molecule has 0 aromatic rings.